The molecule has 0 bridgehead atoms. The lowest BCUT2D eigenvalue weighted by molar-refractivity contribution is -0.137. The van der Waals surface area contributed by atoms with Gasteiger partial charge >= 0.3 is 0 Å². The molecule has 0 saturated carbocycles. The number of phenols is 1. The van der Waals surface area contributed by atoms with E-state index in [4.69, 9.17) is 19.0 Å². The molecule has 4 aromatic carbocycles. The highest BCUT2D eigenvalue weighted by Crippen LogP contribution is 2.44. The van der Waals surface area contributed by atoms with E-state index in [0.717, 1.165) is 45.4 Å². The van der Waals surface area contributed by atoms with E-state index in [1.165, 1.54) is 19.2 Å². The topological polar surface area (TPSA) is 202 Å². The van der Waals surface area contributed by atoms with Crippen LogP contribution in [0.15, 0.2) is 82.8 Å². The summed E-state index contributed by atoms with van der Waals surface area (Å²) in [6, 6.07) is 23.3. The van der Waals surface area contributed by atoms with Crippen molar-refractivity contribution in [2.24, 2.45) is 4.99 Å². The van der Waals surface area contributed by atoms with Crippen LogP contribution < -0.4 is 4.74 Å². The van der Waals surface area contributed by atoms with Gasteiger partial charge in [-0.3, -0.25) is 9.69 Å². The SMILES string of the molecule is C=C(N=C(OC)c1ccc(OC(C)C)c(C#N)c1)c1c(CN(C(=O)CO)C2CCc3c(-c4noc(-c5ccc(O)c(C#N)c5)n4)cccc32)ccc2c1CCC2N(C)CCO. The number of aromatic nitrogens is 2. The lowest BCUT2D eigenvalue weighted by atomic mass is 9.93. The number of rotatable bonds is 14. The number of likely N-dealkylation sites (N-methyl/N-ethyl adjacent to an activating group) is 1. The Morgan fingerprint density at radius 1 is 1.00 bits per heavy atom. The van der Waals surface area contributed by atoms with Crippen molar-refractivity contribution < 1.29 is 34.1 Å². The Hall–Kier alpha value is -6.84. The van der Waals surface area contributed by atoms with Gasteiger partial charge in [-0.15, -0.1) is 0 Å². The van der Waals surface area contributed by atoms with Crippen molar-refractivity contribution in [2.75, 3.05) is 33.9 Å². The number of aliphatic hydroxyl groups is 2. The molecule has 61 heavy (non-hydrogen) atoms. The molecule has 0 spiro atoms. The van der Waals surface area contributed by atoms with Gasteiger partial charge in [-0.2, -0.15) is 15.5 Å². The first-order chi connectivity index (χ1) is 29.5. The van der Waals surface area contributed by atoms with Gasteiger partial charge in [-0.25, -0.2) is 4.99 Å². The van der Waals surface area contributed by atoms with Crippen molar-refractivity contribution in [1.82, 2.24) is 19.9 Å². The predicted octanol–water partition coefficient (Wildman–Crippen LogP) is 6.62. The highest BCUT2D eigenvalue weighted by Gasteiger charge is 2.35. The van der Waals surface area contributed by atoms with Gasteiger partial charge in [0.1, 0.15) is 30.2 Å². The molecule has 0 fully saturated rings. The Kier molecular flexibility index (Phi) is 12.6. The van der Waals surface area contributed by atoms with Gasteiger partial charge in [0.2, 0.25) is 17.6 Å². The lowest BCUT2D eigenvalue weighted by Gasteiger charge is -2.31. The fourth-order valence-electron chi connectivity index (χ4n) is 8.53. The number of methoxy groups -OCH3 is 1. The number of hydrogen-bond donors (Lipinski definition) is 3. The number of amides is 1. The summed E-state index contributed by atoms with van der Waals surface area (Å²) in [5.41, 5.74) is 8.11. The summed E-state index contributed by atoms with van der Waals surface area (Å²) in [6.07, 6.45) is 2.56. The highest BCUT2D eigenvalue weighted by molar-refractivity contribution is 5.98. The standard InChI is InChI=1S/C47H47N7O7/c1-27(2)60-42-18-11-29(22-33(42)24-49)46(59-5)50-28(3)44-31(9-12-36-37(44)14-15-39(36)53(4)19-20-55)25-54(43(58)26-56)40-16-13-34-35(40)7-6-8-38(34)45-51-47(61-52-45)30-10-17-41(57)32(21-30)23-48/h6-12,17-18,21-22,27,39-40,55-57H,3,13-16,19-20,25-26H2,1-2,4-5H3. The zero-order valence-electron chi connectivity index (χ0n) is 34.6. The van der Waals surface area contributed by atoms with Crippen LogP contribution in [0.25, 0.3) is 28.5 Å². The number of benzene rings is 4. The summed E-state index contributed by atoms with van der Waals surface area (Å²) in [6.45, 7) is 8.19. The molecule has 14 heteroatoms. The first kappa shape index (κ1) is 42.3. The van der Waals surface area contributed by atoms with Crippen LogP contribution in [0.1, 0.15) is 88.8 Å². The molecule has 1 heterocycles. The van der Waals surface area contributed by atoms with E-state index in [1.54, 1.807) is 29.2 Å². The fraction of sp³-hybridized carbons (Fsp3) is 0.319. The molecule has 1 aromatic heterocycles. The van der Waals surface area contributed by atoms with Crippen LogP contribution in [-0.4, -0.2) is 87.1 Å². The number of hydrogen-bond acceptors (Lipinski definition) is 13. The number of ether oxygens (including phenoxy) is 2. The summed E-state index contributed by atoms with van der Waals surface area (Å²) in [5, 5.41) is 53.7. The molecule has 2 aliphatic carbocycles. The summed E-state index contributed by atoms with van der Waals surface area (Å²) in [7, 11) is 3.49. The Morgan fingerprint density at radius 2 is 1.75 bits per heavy atom. The third kappa shape index (κ3) is 8.47. The molecule has 5 aromatic rings. The summed E-state index contributed by atoms with van der Waals surface area (Å²) in [4.78, 5) is 27.2. The first-order valence-electron chi connectivity index (χ1n) is 20.1. The number of fused-ring (bicyclic) bond motifs is 2. The van der Waals surface area contributed by atoms with Crippen LogP contribution in [0.2, 0.25) is 0 Å². The van der Waals surface area contributed by atoms with E-state index in [0.29, 0.717) is 59.8 Å². The van der Waals surface area contributed by atoms with Crippen LogP contribution in [0.4, 0.5) is 0 Å². The molecule has 2 atom stereocenters. The van der Waals surface area contributed by atoms with Gasteiger partial charge in [0.15, 0.2) is 0 Å². The number of aromatic hydroxyl groups is 1. The minimum Gasteiger partial charge on any atom is -0.507 e. The second-order valence-electron chi connectivity index (χ2n) is 15.4. The molecule has 0 saturated heterocycles. The van der Waals surface area contributed by atoms with Crippen molar-refractivity contribution in [3.05, 3.63) is 123 Å². The van der Waals surface area contributed by atoms with Crippen LogP contribution in [0.5, 0.6) is 11.5 Å². The largest absolute Gasteiger partial charge is 0.507 e. The number of carbonyl (C=O) groups is 1. The van der Waals surface area contributed by atoms with Crippen LogP contribution in [0, 0.1) is 22.7 Å². The zero-order valence-corrected chi connectivity index (χ0v) is 34.6. The second-order valence-corrected chi connectivity index (χ2v) is 15.4. The zero-order chi connectivity index (χ0) is 43.4. The molecule has 2 aliphatic rings. The van der Waals surface area contributed by atoms with Crippen molar-refractivity contribution in [1.29, 1.82) is 10.5 Å². The number of carbonyl (C=O) groups excluding carboxylic acids is 1. The van der Waals surface area contributed by atoms with E-state index in [-0.39, 0.29) is 48.4 Å². The van der Waals surface area contributed by atoms with Crippen molar-refractivity contribution >= 4 is 17.5 Å². The maximum absolute atomic E-state index is 13.9. The van der Waals surface area contributed by atoms with Gasteiger partial charge in [0.05, 0.1) is 42.7 Å². The van der Waals surface area contributed by atoms with Crippen LogP contribution in [0.3, 0.4) is 0 Å². The first-order valence-corrected chi connectivity index (χ1v) is 20.1. The molecule has 1 amide bonds. The maximum atomic E-state index is 13.9. The fourth-order valence-corrected chi connectivity index (χ4v) is 8.53. The molecule has 0 aliphatic heterocycles. The average Bonchev–Trinajstić information content (AvgIpc) is 4.04. The van der Waals surface area contributed by atoms with E-state index < -0.39 is 18.6 Å². The molecule has 14 nitrogen and oxygen atoms in total. The number of aliphatic hydroxyl groups excluding tert-OH is 2. The van der Waals surface area contributed by atoms with E-state index in [2.05, 4.69) is 33.8 Å². The molecule has 312 valence electrons. The van der Waals surface area contributed by atoms with E-state index in [9.17, 15) is 30.6 Å². The third-order valence-corrected chi connectivity index (χ3v) is 11.3. The molecular formula is C47H47N7O7. The Labute approximate surface area is 354 Å². The van der Waals surface area contributed by atoms with Gasteiger partial charge in [-0.1, -0.05) is 42.1 Å². The summed E-state index contributed by atoms with van der Waals surface area (Å²) in [5.74, 6) is 0.635. The Morgan fingerprint density at radius 3 is 2.48 bits per heavy atom. The van der Waals surface area contributed by atoms with E-state index >= 15 is 0 Å². The minimum atomic E-state index is -0.698. The number of phenolic OH excluding ortho intramolecular Hbond substituents is 1. The monoisotopic (exact) mass is 821 g/mol. The second kappa shape index (κ2) is 18.2. The predicted molar refractivity (Wildman–Crippen MR) is 227 cm³/mol. The van der Waals surface area contributed by atoms with Crippen molar-refractivity contribution in [3.63, 3.8) is 0 Å². The third-order valence-electron chi connectivity index (χ3n) is 11.3. The number of aliphatic imine (C=N–C) groups is 1. The van der Waals surface area contributed by atoms with E-state index in [1.807, 2.05) is 51.2 Å². The average molecular weight is 822 g/mol. The number of nitriles is 2. The Bertz CT molecular complexity index is 2600. The van der Waals surface area contributed by atoms with Crippen molar-refractivity contribution in [2.45, 2.75) is 64.3 Å². The quantitative estimate of drug-likeness (QED) is 0.0799. The number of nitrogens with zero attached hydrogens (tertiary/aromatic N) is 7. The molecular weight excluding hydrogens is 775 g/mol. The molecule has 3 N–H and O–H groups in total. The van der Waals surface area contributed by atoms with Gasteiger partial charge in [0, 0.05) is 41.4 Å². The maximum Gasteiger partial charge on any atom is 0.258 e. The highest BCUT2D eigenvalue weighted by atomic mass is 16.5. The molecule has 0 radical (unpaired) electrons. The smallest absolute Gasteiger partial charge is 0.258 e. The molecule has 2 unspecified atom stereocenters. The van der Waals surface area contributed by atoms with Gasteiger partial charge in [-0.05, 0) is 111 Å². The van der Waals surface area contributed by atoms with Gasteiger partial charge in [0.25, 0.3) is 5.89 Å². The van der Waals surface area contributed by atoms with Gasteiger partial charge < -0.3 is 34.2 Å². The molecule has 7 rings (SSSR count). The Balaban J connectivity index is 1.26. The van der Waals surface area contributed by atoms with Crippen LogP contribution in [-0.2, 0) is 28.9 Å². The minimum absolute atomic E-state index is 0.0193. The summed E-state index contributed by atoms with van der Waals surface area (Å²) >= 11 is 0. The normalized spacial score (nSPS) is 15.6. The van der Waals surface area contributed by atoms with Crippen LogP contribution >= 0.6 is 0 Å². The lowest BCUT2D eigenvalue weighted by Crippen LogP contribution is -2.36. The van der Waals surface area contributed by atoms with Crippen molar-refractivity contribution in [3.8, 4) is 46.5 Å². The summed E-state index contributed by atoms with van der Waals surface area (Å²) < 4.78 is 17.3.